The standard InChI is InChI=1S/C16H15NO2/c1-13-3-2-4-15(9-13)11-19-16-7-5-14(6-8-16)10-17-12-18/h2-9H,10-11H2,1H3. The Bertz CT molecular complexity index is 584. The molecule has 0 aromatic heterocycles. The van der Waals surface area contributed by atoms with Crippen LogP contribution in [0, 0.1) is 6.92 Å². The van der Waals surface area contributed by atoms with E-state index in [0.717, 1.165) is 16.9 Å². The van der Waals surface area contributed by atoms with Gasteiger partial charge in [0.15, 0.2) is 0 Å². The largest absolute Gasteiger partial charge is 0.489 e. The minimum Gasteiger partial charge on any atom is -0.489 e. The van der Waals surface area contributed by atoms with Gasteiger partial charge in [-0.2, -0.15) is 0 Å². The Morgan fingerprint density at radius 2 is 1.89 bits per heavy atom. The molecule has 3 heteroatoms. The molecule has 0 fully saturated rings. The highest BCUT2D eigenvalue weighted by Gasteiger charge is 1.97. The summed E-state index contributed by atoms with van der Waals surface area (Å²) < 4.78 is 5.70. The van der Waals surface area contributed by atoms with Gasteiger partial charge >= 0.3 is 0 Å². The summed E-state index contributed by atoms with van der Waals surface area (Å²) in [6.07, 6.45) is 1.53. The number of hydrogen-bond donors (Lipinski definition) is 0. The van der Waals surface area contributed by atoms with Gasteiger partial charge in [-0.1, -0.05) is 42.0 Å². The fourth-order valence-electron chi connectivity index (χ4n) is 1.78. The molecule has 0 amide bonds. The van der Waals surface area contributed by atoms with Crippen molar-refractivity contribution >= 4 is 6.08 Å². The fourth-order valence-corrected chi connectivity index (χ4v) is 1.78. The molecule has 0 heterocycles. The first-order valence-electron chi connectivity index (χ1n) is 6.09. The third-order valence-electron chi connectivity index (χ3n) is 2.74. The Labute approximate surface area is 112 Å². The van der Waals surface area contributed by atoms with Gasteiger partial charge in [0.25, 0.3) is 0 Å². The maximum Gasteiger partial charge on any atom is 0.235 e. The van der Waals surface area contributed by atoms with Crippen LogP contribution in [0.3, 0.4) is 0 Å². The van der Waals surface area contributed by atoms with Crippen molar-refractivity contribution in [1.82, 2.24) is 0 Å². The predicted molar refractivity (Wildman–Crippen MR) is 73.8 cm³/mol. The van der Waals surface area contributed by atoms with Crippen LogP contribution in [0.25, 0.3) is 0 Å². The Morgan fingerprint density at radius 1 is 1.11 bits per heavy atom. The van der Waals surface area contributed by atoms with Crippen molar-refractivity contribution in [3.05, 3.63) is 65.2 Å². The Morgan fingerprint density at radius 3 is 2.58 bits per heavy atom. The molecule has 96 valence electrons. The first-order chi connectivity index (χ1) is 9.28. The van der Waals surface area contributed by atoms with Gasteiger partial charge < -0.3 is 4.74 Å². The number of aryl methyl sites for hydroxylation is 1. The van der Waals surface area contributed by atoms with E-state index in [4.69, 9.17) is 4.74 Å². The molecule has 0 atom stereocenters. The Hall–Kier alpha value is -2.38. The summed E-state index contributed by atoms with van der Waals surface area (Å²) in [6, 6.07) is 15.8. The highest BCUT2D eigenvalue weighted by molar-refractivity contribution is 5.34. The van der Waals surface area contributed by atoms with Crippen LogP contribution in [-0.4, -0.2) is 6.08 Å². The number of benzene rings is 2. The lowest BCUT2D eigenvalue weighted by atomic mass is 10.1. The predicted octanol–water partition coefficient (Wildman–Crippen LogP) is 3.41. The highest BCUT2D eigenvalue weighted by Crippen LogP contribution is 2.15. The van der Waals surface area contributed by atoms with Gasteiger partial charge in [0, 0.05) is 0 Å². The van der Waals surface area contributed by atoms with Crippen molar-refractivity contribution in [2.45, 2.75) is 20.1 Å². The summed E-state index contributed by atoms with van der Waals surface area (Å²) in [6.45, 7) is 2.97. The van der Waals surface area contributed by atoms with E-state index in [1.165, 1.54) is 11.6 Å². The number of carbonyl (C=O) groups excluding carboxylic acids is 1. The van der Waals surface area contributed by atoms with Gasteiger partial charge in [0.1, 0.15) is 12.4 Å². The van der Waals surface area contributed by atoms with Crippen molar-refractivity contribution in [1.29, 1.82) is 0 Å². The van der Waals surface area contributed by atoms with Gasteiger partial charge in [-0.3, -0.25) is 0 Å². The number of ether oxygens (including phenoxy) is 1. The molecule has 0 radical (unpaired) electrons. The average Bonchev–Trinajstić information content (AvgIpc) is 2.44. The van der Waals surface area contributed by atoms with Crippen LogP contribution in [0.1, 0.15) is 16.7 Å². The summed E-state index contributed by atoms with van der Waals surface area (Å²) in [7, 11) is 0. The maximum absolute atomic E-state index is 10.0. The van der Waals surface area contributed by atoms with Crippen LogP contribution < -0.4 is 4.74 Å². The molecule has 0 aliphatic carbocycles. The third kappa shape index (κ3) is 4.09. The van der Waals surface area contributed by atoms with E-state index >= 15 is 0 Å². The lowest BCUT2D eigenvalue weighted by Gasteiger charge is -2.07. The van der Waals surface area contributed by atoms with Gasteiger partial charge in [-0.05, 0) is 30.2 Å². The number of nitrogens with zero attached hydrogens (tertiary/aromatic N) is 1. The number of isocyanates is 1. The lowest BCUT2D eigenvalue weighted by molar-refractivity contribution is 0.306. The molecule has 0 aliphatic heterocycles. The van der Waals surface area contributed by atoms with Crippen molar-refractivity contribution in [3.63, 3.8) is 0 Å². The van der Waals surface area contributed by atoms with Gasteiger partial charge in [0.05, 0.1) is 6.54 Å². The lowest BCUT2D eigenvalue weighted by Crippen LogP contribution is -1.95. The first-order valence-corrected chi connectivity index (χ1v) is 6.09. The maximum atomic E-state index is 10.0. The molecule has 0 bridgehead atoms. The van der Waals surface area contributed by atoms with Crippen molar-refractivity contribution in [3.8, 4) is 5.75 Å². The molecule has 0 unspecified atom stereocenters. The molecule has 19 heavy (non-hydrogen) atoms. The first kappa shape index (κ1) is 13.1. The van der Waals surface area contributed by atoms with Crippen molar-refractivity contribution in [2.24, 2.45) is 4.99 Å². The van der Waals surface area contributed by atoms with Crippen LogP contribution in [0.2, 0.25) is 0 Å². The summed E-state index contributed by atoms with van der Waals surface area (Å²) >= 11 is 0. The van der Waals surface area contributed by atoms with E-state index in [0.29, 0.717) is 13.2 Å². The van der Waals surface area contributed by atoms with Crippen LogP contribution in [-0.2, 0) is 17.9 Å². The normalized spacial score (nSPS) is 9.74. The molecule has 3 nitrogen and oxygen atoms in total. The van der Waals surface area contributed by atoms with Crippen LogP contribution >= 0.6 is 0 Å². The zero-order chi connectivity index (χ0) is 13.5. The minimum atomic E-state index is 0.363. The molecule has 2 aromatic carbocycles. The quantitative estimate of drug-likeness (QED) is 0.605. The molecular weight excluding hydrogens is 238 g/mol. The molecule has 0 saturated carbocycles. The summed E-state index contributed by atoms with van der Waals surface area (Å²) in [5.41, 5.74) is 3.34. The zero-order valence-electron chi connectivity index (χ0n) is 10.8. The molecule has 0 N–H and O–H groups in total. The average molecular weight is 253 g/mol. The van der Waals surface area contributed by atoms with E-state index in [2.05, 4.69) is 24.0 Å². The van der Waals surface area contributed by atoms with Crippen LogP contribution in [0.4, 0.5) is 0 Å². The van der Waals surface area contributed by atoms with E-state index in [1.54, 1.807) is 0 Å². The second-order valence-electron chi connectivity index (χ2n) is 4.33. The molecular formula is C16H15NO2. The molecule has 0 spiro atoms. The monoisotopic (exact) mass is 253 g/mol. The number of aliphatic imine (C=N–C) groups is 1. The van der Waals surface area contributed by atoms with E-state index < -0.39 is 0 Å². The zero-order valence-corrected chi connectivity index (χ0v) is 10.8. The SMILES string of the molecule is Cc1cccc(COc2ccc(CN=C=O)cc2)c1. The van der Waals surface area contributed by atoms with E-state index in [-0.39, 0.29) is 0 Å². The second kappa shape index (κ2) is 6.53. The van der Waals surface area contributed by atoms with Crippen LogP contribution in [0.5, 0.6) is 5.75 Å². The van der Waals surface area contributed by atoms with E-state index in [1.807, 2.05) is 36.4 Å². The van der Waals surface area contributed by atoms with E-state index in [9.17, 15) is 4.79 Å². The topological polar surface area (TPSA) is 38.7 Å². The second-order valence-corrected chi connectivity index (χ2v) is 4.33. The fraction of sp³-hybridized carbons (Fsp3) is 0.188. The number of rotatable bonds is 5. The van der Waals surface area contributed by atoms with Crippen molar-refractivity contribution in [2.75, 3.05) is 0 Å². The minimum absolute atomic E-state index is 0.363. The molecule has 2 aromatic rings. The Kier molecular flexibility index (Phi) is 4.49. The highest BCUT2D eigenvalue weighted by atomic mass is 16.5. The smallest absolute Gasteiger partial charge is 0.235 e. The molecule has 0 aliphatic rings. The Balaban J connectivity index is 1.94. The van der Waals surface area contributed by atoms with Crippen molar-refractivity contribution < 1.29 is 9.53 Å². The van der Waals surface area contributed by atoms with Gasteiger partial charge in [0.2, 0.25) is 6.08 Å². The molecule has 0 saturated heterocycles. The van der Waals surface area contributed by atoms with Crippen LogP contribution in [0.15, 0.2) is 53.5 Å². The summed E-state index contributed by atoms with van der Waals surface area (Å²) in [4.78, 5) is 13.5. The summed E-state index contributed by atoms with van der Waals surface area (Å²) in [5.74, 6) is 0.806. The summed E-state index contributed by atoms with van der Waals surface area (Å²) in [5, 5.41) is 0. The number of hydrogen-bond acceptors (Lipinski definition) is 3. The van der Waals surface area contributed by atoms with Gasteiger partial charge in [-0.25, -0.2) is 9.79 Å². The van der Waals surface area contributed by atoms with Gasteiger partial charge in [-0.15, -0.1) is 0 Å². The molecule has 2 rings (SSSR count). The third-order valence-corrected chi connectivity index (χ3v) is 2.74.